The predicted octanol–water partition coefficient (Wildman–Crippen LogP) is 3.13. The SMILES string of the molecule is [CH2]c1ccc(C(=O)Nc2ccc(OC)cc2)cc1. The molecule has 91 valence electrons. The molecule has 0 unspecified atom stereocenters. The van der Waals surface area contributed by atoms with Crippen molar-refractivity contribution in [1.29, 1.82) is 0 Å². The van der Waals surface area contributed by atoms with Crippen LogP contribution in [0.1, 0.15) is 15.9 Å². The molecule has 0 spiro atoms. The first-order chi connectivity index (χ1) is 8.69. The molecule has 3 heteroatoms. The summed E-state index contributed by atoms with van der Waals surface area (Å²) in [4.78, 5) is 11.9. The highest BCUT2D eigenvalue weighted by Gasteiger charge is 2.05. The Labute approximate surface area is 106 Å². The summed E-state index contributed by atoms with van der Waals surface area (Å²) < 4.78 is 5.05. The summed E-state index contributed by atoms with van der Waals surface area (Å²) in [5.41, 5.74) is 2.23. The molecule has 0 heterocycles. The molecule has 0 aromatic heterocycles. The number of anilines is 1. The van der Waals surface area contributed by atoms with Crippen LogP contribution in [0.4, 0.5) is 5.69 Å². The number of carbonyl (C=O) groups excluding carboxylic acids is 1. The van der Waals surface area contributed by atoms with Gasteiger partial charge in [0.05, 0.1) is 7.11 Å². The highest BCUT2D eigenvalue weighted by molar-refractivity contribution is 6.04. The second-order valence-electron chi connectivity index (χ2n) is 3.88. The third-order valence-electron chi connectivity index (χ3n) is 2.56. The van der Waals surface area contributed by atoms with Crippen molar-refractivity contribution < 1.29 is 9.53 Å². The monoisotopic (exact) mass is 240 g/mol. The van der Waals surface area contributed by atoms with Crippen LogP contribution in [0.15, 0.2) is 48.5 Å². The van der Waals surface area contributed by atoms with Crippen molar-refractivity contribution in [3.05, 3.63) is 66.6 Å². The normalized spacial score (nSPS) is 9.89. The molecular formula is C15H14NO2. The minimum Gasteiger partial charge on any atom is -0.497 e. The van der Waals surface area contributed by atoms with E-state index in [-0.39, 0.29) is 5.91 Å². The highest BCUT2D eigenvalue weighted by atomic mass is 16.5. The third-order valence-corrected chi connectivity index (χ3v) is 2.56. The highest BCUT2D eigenvalue weighted by Crippen LogP contribution is 2.16. The maximum atomic E-state index is 11.9. The van der Waals surface area contributed by atoms with Crippen LogP contribution in [0.5, 0.6) is 5.75 Å². The van der Waals surface area contributed by atoms with Crippen molar-refractivity contribution in [2.24, 2.45) is 0 Å². The van der Waals surface area contributed by atoms with Gasteiger partial charge in [0.1, 0.15) is 5.75 Å². The lowest BCUT2D eigenvalue weighted by Crippen LogP contribution is -2.11. The van der Waals surface area contributed by atoms with Crippen molar-refractivity contribution in [3.63, 3.8) is 0 Å². The van der Waals surface area contributed by atoms with E-state index in [1.807, 2.05) is 12.1 Å². The van der Waals surface area contributed by atoms with E-state index in [1.54, 1.807) is 43.5 Å². The van der Waals surface area contributed by atoms with Crippen LogP contribution in [0.2, 0.25) is 0 Å². The number of methoxy groups -OCH3 is 1. The Morgan fingerprint density at radius 2 is 1.67 bits per heavy atom. The summed E-state index contributed by atoms with van der Waals surface area (Å²) in [5, 5.41) is 2.81. The van der Waals surface area contributed by atoms with Crippen LogP contribution in [-0.2, 0) is 0 Å². The lowest BCUT2D eigenvalue weighted by molar-refractivity contribution is 0.102. The van der Waals surface area contributed by atoms with Gasteiger partial charge < -0.3 is 10.1 Å². The first-order valence-corrected chi connectivity index (χ1v) is 5.56. The van der Waals surface area contributed by atoms with Crippen molar-refractivity contribution in [2.45, 2.75) is 0 Å². The van der Waals surface area contributed by atoms with E-state index >= 15 is 0 Å². The van der Waals surface area contributed by atoms with Gasteiger partial charge in [0.15, 0.2) is 0 Å². The van der Waals surface area contributed by atoms with E-state index in [0.29, 0.717) is 5.56 Å². The largest absolute Gasteiger partial charge is 0.497 e. The number of hydrogen-bond donors (Lipinski definition) is 1. The van der Waals surface area contributed by atoms with E-state index in [2.05, 4.69) is 12.2 Å². The van der Waals surface area contributed by atoms with Gasteiger partial charge in [0.25, 0.3) is 5.91 Å². The van der Waals surface area contributed by atoms with Gasteiger partial charge in [-0.15, -0.1) is 0 Å². The summed E-state index contributed by atoms with van der Waals surface area (Å²) in [6.07, 6.45) is 0. The lowest BCUT2D eigenvalue weighted by Gasteiger charge is -2.06. The fraction of sp³-hybridized carbons (Fsp3) is 0.0667. The molecular weight excluding hydrogens is 226 g/mol. The Kier molecular flexibility index (Phi) is 3.63. The lowest BCUT2D eigenvalue weighted by atomic mass is 10.1. The standard InChI is InChI=1S/C15H14NO2/c1-11-3-5-12(6-4-11)15(17)16-13-7-9-14(18-2)10-8-13/h3-10H,1H2,2H3,(H,16,17). The zero-order valence-electron chi connectivity index (χ0n) is 10.1. The zero-order chi connectivity index (χ0) is 13.0. The second kappa shape index (κ2) is 5.36. The molecule has 0 aliphatic heterocycles. The first kappa shape index (κ1) is 12.2. The van der Waals surface area contributed by atoms with Crippen LogP contribution >= 0.6 is 0 Å². The topological polar surface area (TPSA) is 38.3 Å². The van der Waals surface area contributed by atoms with E-state index in [0.717, 1.165) is 17.0 Å². The number of rotatable bonds is 3. The van der Waals surface area contributed by atoms with E-state index in [1.165, 1.54) is 0 Å². The summed E-state index contributed by atoms with van der Waals surface area (Å²) in [5.74, 6) is 0.620. The Hall–Kier alpha value is -2.29. The third kappa shape index (κ3) is 2.88. The molecule has 2 aromatic rings. The van der Waals surface area contributed by atoms with E-state index < -0.39 is 0 Å². The van der Waals surface area contributed by atoms with Gasteiger partial charge >= 0.3 is 0 Å². The van der Waals surface area contributed by atoms with Gasteiger partial charge in [-0.2, -0.15) is 0 Å². The molecule has 3 nitrogen and oxygen atoms in total. The van der Waals surface area contributed by atoms with Gasteiger partial charge in [-0.1, -0.05) is 12.1 Å². The summed E-state index contributed by atoms with van der Waals surface area (Å²) in [6.45, 7) is 3.78. The smallest absolute Gasteiger partial charge is 0.255 e. The van der Waals surface area contributed by atoms with Gasteiger partial charge in [-0.25, -0.2) is 0 Å². The van der Waals surface area contributed by atoms with Crippen molar-refractivity contribution in [2.75, 3.05) is 12.4 Å². The van der Waals surface area contributed by atoms with Gasteiger partial charge in [-0.3, -0.25) is 4.79 Å². The molecule has 0 fully saturated rings. The van der Waals surface area contributed by atoms with Crippen LogP contribution in [0.3, 0.4) is 0 Å². The fourth-order valence-corrected chi connectivity index (χ4v) is 1.53. The Bertz CT molecular complexity index is 529. The molecule has 2 rings (SSSR count). The molecule has 0 aliphatic carbocycles. The molecule has 0 saturated carbocycles. The Balaban J connectivity index is 2.08. The average Bonchev–Trinajstić information content (AvgIpc) is 2.40. The van der Waals surface area contributed by atoms with Gasteiger partial charge in [0.2, 0.25) is 0 Å². The van der Waals surface area contributed by atoms with E-state index in [9.17, 15) is 4.79 Å². The molecule has 0 aliphatic rings. The summed E-state index contributed by atoms with van der Waals surface area (Å²) in [6, 6.07) is 14.3. The second-order valence-corrected chi connectivity index (χ2v) is 3.88. The first-order valence-electron chi connectivity index (χ1n) is 5.56. The molecule has 18 heavy (non-hydrogen) atoms. The number of ether oxygens (including phenoxy) is 1. The van der Waals surface area contributed by atoms with Crippen LogP contribution in [0, 0.1) is 6.92 Å². The Morgan fingerprint density at radius 3 is 2.22 bits per heavy atom. The summed E-state index contributed by atoms with van der Waals surface area (Å²) in [7, 11) is 1.61. The summed E-state index contributed by atoms with van der Waals surface area (Å²) >= 11 is 0. The van der Waals surface area contributed by atoms with Gasteiger partial charge in [0, 0.05) is 11.3 Å². The zero-order valence-corrected chi connectivity index (χ0v) is 10.1. The van der Waals surface area contributed by atoms with Crippen LogP contribution in [-0.4, -0.2) is 13.0 Å². The maximum absolute atomic E-state index is 11.9. The Morgan fingerprint density at radius 1 is 1.06 bits per heavy atom. The number of benzene rings is 2. The predicted molar refractivity (Wildman–Crippen MR) is 71.8 cm³/mol. The van der Waals surface area contributed by atoms with Gasteiger partial charge in [-0.05, 0) is 48.9 Å². The minimum absolute atomic E-state index is 0.139. The fourth-order valence-electron chi connectivity index (χ4n) is 1.53. The van der Waals surface area contributed by atoms with Crippen LogP contribution in [0.25, 0.3) is 0 Å². The molecule has 1 amide bonds. The molecule has 2 aromatic carbocycles. The molecule has 0 saturated heterocycles. The molecule has 0 atom stereocenters. The maximum Gasteiger partial charge on any atom is 0.255 e. The molecule has 1 N–H and O–H groups in total. The number of amides is 1. The minimum atomic E-state index is -0.139. The quantitative estimate of drug-likeness (QED) is 0.895. The number of carbonyl (C=O) groups is 1. The average molecular weight is 240 g/mol. The number of hydrogen-bond acceptors (Lipinski definition) is 2. The van der Waals surface area contributed by atoms with Crippen molar-refractivity contribution >= 4 is 11.6 Å². The molecule has 1 radical (unpaired) electrons. The van der Waals surface area contributed by atoms with Crippen molar-refractivity contribution in [3.8, 4) is 5.75 Å². The number of nitrogens with one attached hydrogen (secondary N) is 1. The molecule has 0 bridgehead atoms. The van der Waals surface area contributed by atoms with E-state index in [4.69, 9.17) is 4.74 Å². The van der Waals surface area contributed by atoms with Crippen molar-refractivity contribution in [1.82, 2.24) is 0 Å². The van der Waals surface area contributed by atoms with Crippen LogP contribution < -0.4 is 10.1 Å².